The van der Waals surface area contributed by atoms with Gasteiger partial charge in [0.1, 0.15) is 0 Å². The second-order valence-corrected chi connectivity index (χ2v) is 4.46. The fourth-order valence-electron chi connectivity index (χ4n) is 2.21. The van der Waals surface area contributed by atoms with Crippen LogP contribution in [0, 0.1) is 0 Å². The second kappa shape index (κ2) is 4.73. The van der Waals surface area contributed by atoms with E-state index in [0.717, 1.165) is 0 Å². The smallest absolute Gasteiger partial charge is 0.261 e. The van der Waals surface area contributed by atoms with E-state index in [-0.39, 0.29) is 18.4 Å². The average Bonchev–Trinajstić information content (AvgIpc) is 3.03. The van der Waals surface area contributed by atoms with Crippen LogP contribution in [0.3, 0.4) is 0 Å². The van der Waals surface area contributed by atoms with Gasteiger partial charge in [0.15, 0.2) is 6.29 Å². The normalized spacial score (nSPS) is 13.7. The summed E-state index contributed by atoms with van der Waals surface area (Å²) >= 11 is 0. The van der Waals surface area contributed by atoms with Gasteiger partial charge >= 0.3 is 0 Å². The third-order valence-corrected chi connectivity index (χ3v) is 3.22. The van der Waals surface area contributed by atoms with Crippen LogP contribution in [0.4, 0.5) is 0 Å². The molecule has 0 fully saturated rings. The van der Waals surface area contributed by atoms with Crippen LogP contribution >= 0.6 is 0 Å². The van der Waals surface area contributed by atoms with Crippen LogP contribution in [0.1, 0.15) is 31.1 Å². The minimum Gasteiger partial charge on any atom is -0.298 e. The molecule has 2 aromatic rings. The molecule has 0 radical (unpaired) electrons. The Morgan fingerprint density at radius 3 is 2.25 bits per heavy atom. The van der Waals surface area contributed by atoms with Crippen molar-refractivity contribution < 1.29 is 14.4 Å². The Hall–Kier alpha value is -2.76. The predicted octanol–water partition coefficient (Wildman–Crippen LogP) is 0.992. The van der Waals surface area contributed by atoms with Crippen molar-refractivity contribution in [3.05, 3.63) is 53.3 Å². The molecule has 100 valence electrons. The Labute approximate surface area is 114 Å². The molecule has 3 rings (SSSR count). The maximum Gasteiger partial charge on any atom is 0.261 e. The standard InChI is InChI=1S/C14H11N3O3/c18-9-10-7-15-16(8-10)5-6-17-13(19)11-3-1-2-4-12(11)14(17)20/h1-4,7-9H,5-6H2. The Morgan fingerprint density at radius 1 is 1.05 bits per heavy atom. The Bertz CT molecular complexity index is 670. The molecule has 1 aromatic carbocycles. The molecule has 0 N–H and O–H groups in total. The molecule has 20 heavy (non-hydrogen) atoms. The number of aldehydes is 1. The number of aromatic nitrogens is 2. The molecule has 6 heteroatoms. The van der Waals surface area contributed by atoms with Crippen LogP contribution in [-0.4, -0.2) is 39.3 Å². The van der Waals surface area contributed by atoms with Crippen molar-refractivity contribution in [2.24, 2.45) is 0 Å². The molecule has 1 aliphatic heterocycles. The summed E-state index contributed by atoms with van der Waals surface area (Å²) in [5.74, 6) is -0.568. The van der Waals surface area contributed by atoms with Gasteiger partial charge in [-0.15, -0.1) is 0 Å². The zero-order valence-corrected chi connectivity index (χ0v) is 10.5. The number of hydrogen-bond donors (Lipinski definition) is 0. The van der Waals surface area contributed by atoms with Gasteiger partial charge in [-0.25, -0.2) is 0 Å². The van der Waals surface area contributed by atoms with E-state index in [4.69, 9.17) is 0 Å². The summed E-state index contributed by atoms with van der Waals surface area (Å²) in [6.07, 6.45) is 3.71. The van der Waals surface area contributed by atoms with E-state index >= 15 is 0 Å². The molecule has 2 amide bonds. The molecule has 0 spiro atoms. The monoisotopic (exact) mass is 269 g/mol. The SMILES string of the molecule is O=Cc1cnn(CCN2C(=O)c3ccccc3C2=O)c1. The van der Waals surface area contributed by atoms with Crippen LogP contribution in [0.2, 0.25) is 0 Å². The first-order chi connectivity index (χ1) is 9.70. The highest BCUT2D eigenvalue weighted by Gasteiger charge is 2.34. The van der Waals surface area contributed by atoms with Crippen LogP contribution in [-0.2, 0) is 6.54 Å². The zero-order chi connectivity index (χ0) is 14.1. The van der Waals surface area contributed by atoms with E-state index < -0.39 is 0 Å². The van der Waals surface area contributed by atoms with Crippen molar-refractivity contribution in [3.8, 4) is 0 Å². The minimum absolute atomic E-state index is 0.228. The van der Waals surface area contributed by atoms with Crippen LogP contribution in [0.5, 0.6) is 0 Å². The number of imide groups is 1. The van der Waals surface area contributed by atoms with Crippen LogP contribution in [0.25, 0.3) is 0 Å². The number of amides is 2. The van der Waals surface area contributed by atoms with Gasteiger partial charge in [-0.05, 0) is 12.1 Å². The first-order valence-electron chi connectivity index (χ1n) is 6.13. The molecule has 2 heterocycles. The lowest BCUT2D eigenvalue weighted by Gasteiger charge is -2.13. The summed E-state index contributed by atoms with van der Waals surface area (Å²) in [6.45, 7) is 0.589. The van der Waals surface area contributed by atoms with Crippen molar-refractivity contribution in [1.29, 1.82) is 0 Å². The third-order valence-electron chi connectivity index (χ3n) is 3.22. The van der Waals surface area contributed by atoms with Gasteiger partial charge in [-0.3, -0.25) is 24.0 Å². The van der Waals surface area contributed by atoms with E-state index in [1.165, 1.54) is 15.8 Å². The molecule has 1 aromatic heterocycles. The third kappa shape index (κ3) is 1.91. The number of hydrogen-bond acceptors (Lipinski definition) is 4. The lowest BCUT2D eigenvalue weighted by Crippen LogP contribution is -2.33. The zero-order valence-electron chi connectivity index (χ0n) is 10.5. The van der Waals surface area contributed by atoms with E-state index in [0.29, 0.717) is 29.5 Å². The number of fused-ring (bicyclic) bond motifs is 1. The lowest BCUT2D eigenvalue weighted by molar-refractivity contribution is 0.0647. The first-order valence-corrected chi connectivity index (χ1v) is 6.13. The molecular weight excluding hydrogens is 258 g/mol. The van der Waals surface area contributed by atoms with Gasteiger partial charge < -0.3 is 0 Å². The molecule has 1 aliphatic rings. The van der Waals surface area contributed by atoms with Crippen LogP contribution in [0.15, 0.2) is 36.7 Å². The molecule has 0 aliphatic carbocycles. The molecule has 0 saturated heterocycles. The molecule has 0 unspecified atom stereocenters. The van der Waals surface area contributed by atoms with Gasteiger partial charge in [0.25, 0.3) is 11.8 Å². The highest BCUT2D eigenvalue weighted by molar-refractivity contribution is 6.21. The Morgan fingerprint density at radius 2 is 1.70 bits per heavy atom. The van der Waals surface area contributed by atoms with Crippen molar-refractivity contribution in [2.75, 3.05) is 6.54 Å². The molecular formula is C14H11N3O3. The average molecular weight is 269 g/mol. The fourth-order valence-corrected chi connectivity index (χ4v) is 2.21. The number of carbonyl (C=O) groups is 3. The van der Waals surface area contributed by atoms with Crippen molar-refractivity contribution in [2.45, 2.75) is 6.54 Å². The highest BCUT2D eigenvalue weighted by Crippen LogP contribution is 2.22. The molecule has 6 nitrogen and oxygen atoms in total. The minimum atomic E-state index is -0.284. The van der Waals surface area contributed by atoms with Crippen molar-refractivity contribution >= 4 is 18.1 Å². The molecule has 0 bridgehead atoms. The quantitative estimate of drug-likeness (QED) is 0.613. The van der Waals surface area contributed by atoms with E-state index in [1.54, 1.807) is 30.5 Å². The molecule has 0 saturated carbocycles. The van der Waals surface area contributed by atoms with Gasteiger partial charge in [-0.1, -0.05) is 12.1 Å². The van der Waals surface area contributed by atoms with E-state index in [1.807, 2.05) is 0 Å². The van der Waals surface area contributed by atoms with Gasteiger partial charge in [-0.2, -0.15) is 5.10 Å². The summed E-state index contributed by atoms with van der Waals surface area (Å²) in [7, 11) is 0. The number of carbonyl (C=O) groups excluding carboxylic acids is 3. The second-order valence-electron chi connectivity index (χ2n) is 4.46. The lowest BCUT2D eigenvalue weighted by atomic mass is 10.1. The van der Waals surface area contributed by atoms with Crippen LogP contribution < -0.4 is 0 Å². The van der Waals surface area contributed by atoms with Gasteiger partial charge in [0.05, 0.1) is 29.4 Å². The maximum absolute atomic E-state index is 12.1. The highest BCUT2D eigenvalue weighted by atomic mass is 16.2. The van der Waals surface area contributed by atoms with Gasteiger partial charge in [0, 0.05) is 12.7 Å². The predicted molar refractivity (Wildman–Crippen MR) is 69.4 cm³/mol. The summed E-state index contributed by atoms with van der Waals surface area (Å²) in [5, 5.41) is 3.98. The maximum atomic E-state index is 12.1. The summed E-state index contributed by atoms with van der Waals surface area (Å²) < 4.78 is 1.54. The number of nitrogens with zero attached hydrogens (tertiary/aromatic N) is 3. The van der Waals surface area contributed by atoms with E-state index in [2.05, 4.69) is 5.10 Å². The van der Waals surface area contributed by atoms with Crippen molar-refractivity contribution in [3.63, 3.8) is 0 Å². The summed E-state index contributed by atoms with van der Waals surface area (Å²) in [5.41, 5.74) is 1.34. The van der Waals surface area contributed by atoms with Crippen molar-refractivity contribution in [1.82, 2.24) is 14.7 Å². The summed E-state index contributed by atoms with van der Waals surface area (Å²) in [6, 6.07) is 6.76. The Balaban J connectivity index is 1.75. The fraction of sp³-hybridized carbons (Fsp3) is 0.143. The summed E-state index contributed by atoms with van der Waals surface area (Å²) in [4.78, 5) is 36.0. The number of benzene rings is 1. The Kier molecular flexibility index (Phi) is 2.90. The topological polar surface area (TPSA) is 72.3 Å². The number of rotatable bonds is 4. The largest absolute Gasteiger partial charge is 0.298 e. The first kappa shape index (κ1) is 12.3. The molecule has 0 atom stereocenters. The van der Waals surface area contributed by atoms with E-state index in [9.17, 15) is 14.4 Å². The van der Waals surface area contributed by atoms with Gasteiger partial charge in [0.2, 0.25) is 0 Å².